The summed E-state index contributed by atoms with van der Waals surface area (Å²) in [6.07, 6.45) is 0. The molecule has 21 heavy (non-hydrogen) atoms. The molecule has 0 aliphatic carbocycles. The van der Waals surface area contributed by atoms with Crippen LogP contribution in [0.4, 0.5) is 0 Å². The zero-order valence-electron chi connectivity index (χ0n) is 14.4. The molecule has 5 nitrogen and oxygen atoms in total. The first-order valence-electron chi connectivity index (χ1n) is 7.86. The highest BCUT2D eigenvalue weighted by atomic mass is 127. The lowest BCUT2D eigenvalue weighted by Crippen LogP contribution is -2.47. The third kappa shape index (κ3) is 9.52. The Morgan fingerprint density at radius 3 is 2.14 bits per heavy atom. The van der Waals surface area contributed by atoms with Gasteiger partial charge in [0.25, 0.3) is 0 Å². The van der Waals surface area contributed by atoms with Crippen molar-refractivity contribution in [3.05, 3.63) is 0 Å². The van der Waals surface area contributed by atoms with Crippen LogP contribution in [0.5, 0.6) is 0 Å². The van der Waals surface area contributed by atoms with Crippen LogP contribution in [-0.4, -0.2) is 75.7 Å². The van der Waals surface area contributed by atoms with E-state index < -0.39 is 0 Å². The highest BCUT2D eigenvalue weighted by Gasteiger charge is 2.16. The summed E-state index contributed by atoms with van der Waals surface area (Å²) < 4.78 is 0. The summed E-state index contributed by atoms with van der Waals surface area (Å²) >= 11 is 0. The molecule has 6 heteroatoms. The number of nitrogens with zero attached hydrogens (tertiary/aromatic N) is 3. The van der Waals surface area contributed by atoms with Crippen LogP contribution in [0.1, 0.15) is 20.8 Å². The second kappa shape index (κ2) is 11.5. The van der Waals surface area contributed by atoms with E-state index in [0.717, 1.165) is 19.0 Å². The van der Waals surface area contributed by atoms with Crippen molar-refractivity contribution in [1.29, 1.82) is 0 Å². The Kier molecular flexibility index (Phi) is 11.4. The van der Waals surface area contributed by atoms with Crippen molar-refractivity contribution in [3.8, 4) is 0 Å². The van der Waals surface area contributed by atoms with E-state index in [1.165, 1.54) is 32.7 Å². The number of halogens is 1. The smallest absolute Gasteiger partial charge is 0.190 e. The van der Waals surface area contributed by atoms with Gasteiger partial charge >= 0.3 is 0 Å². The van der Waals surface area contributed by atoms with Crippen LogP contribution in [0.15, 0.2) is 4.99 Å². The lowest BCUT2D eigenvalue weighted by Gasteiger charge is -2.34. The molecular weight excluding hydrogens is 377 g/mol. The number of rotatable bonds is 6. The molecule has 0 saturated carbocycles. The van der Waals surface area contributed by atoms with Gasteiger partial charge in [0.15, 0.2) is 5.96 Å². The molecule has 1 fully saturated rings. The lowest BCUT2D eigenvalue weighted by atomic mass is 10.1. The minimum Gasteiger partial charge on any atom is -0.356 e. The predicted molar refractivity (Wildman–Crippen MR) is 103 cm³/mol. The summed E-state index contributed by atoms with van der Waals surface area (Å²) in [6.45, 7) is 14.6. The van der Waals surface area contributed by atoms with Gasteiger partial charge in [-0.05, 0) is 18.9 Å². The summed E-state index contributed by atoms with van der Waals surface area (Å²) in [6, 6.07) is 0. The summed E-state index contributed by atoms with van der Waals surface area (Å²) in [7, 11) is 4.04. The Morgan fingerprint density at radius 2 is 1.62 bits per heavy atom. The Bertz CT molecular complexity index is 288. The molecular formula is C15H34IN5. The van der Waals surface area contributed by atoms with Crippen molar-refractivity contribution in [3.63, 3.8) is 0 Å². The van der Waals surface area contributed by atoms with Gasteiger partial charge in [0.2, 0.25) is 0 Å². The SMILES string of the molecule is CN=C(NCC(C)C)NCC(C)CN1CCN(C)CC1.I. The van der Waals surface area contributed by atoms with Gasteiger partial charge in [-0.15, -0.1) is 24.0 Å². The summed E-state index contributed by atoms with van der Waals surface area (Å²) in [5.41, 5.74) is 0. The number of nitrogens with one attached hydrogen (secondary N) is 2. The van der Waals surface area contributed by atoms with Gasteiger partial charge < -0.3 is 20.4 Å². The number of hydrogen-bond donors (Lipinski definition) is 2. The van der Waals surface area contributed by atoms with Gasteiger partial charge in [0.1, 0.15) is 0 Å². The molecule has 2 N–H and O–H groups in total. The van der Waals surface area contributed by atoms with Gasteiger partial charge in [0, 0.05) is 52.9 Å². The highest BCUT2D eigenvalue weighted by molar-refractivity contribution is 14.0. The lowest BCUT2D eigenvalue weighted by molar-refractivity contribution is 0.139. The fraction of sp³-hybridized carbons (Fsp3) is 0.933. The monoisotopic (exact) mass is 411 g/mol. The standard InChI is InChI=1S/C15H33N5.HI/c1-13(2)10-17-15(16-4)18-11-14(3)12-20-8-6-19(5)7-9-20;/h13-14H,6-12H2,1-5H3,(H2,16,17,18);1H. The van der Waals surface area contributed by atoms with Gasteiger partial charge in [-0.1, -0.05) is 20.8 Å². The van der Waals surface area contributed by atoms with Crippen molar-refractivity contribution in [1.82, 2.24) is 20.4 Å². The van der Waals surface area contributed by atoms with Crippen LogP contribution in [0.2, 0.25) is 0 Å². The summed E-state index contributed by atoms with van der Waals surface area (Å²) in [5.74, 6) is 2.19. The summed E-state index contributed by atoms with van der Waals surface area (Å²) in [5, 5.41) is 6.78. The predicted octanol–water partition coefficient (Wildman–Crippen LogP) is 1.31. The quantitative estimate of drug-likeness (QED) is 0.393. The van der Waals surface area contributed by atoms with Crippen molar-refractivity contribution >= 4 is 29.9 Å². The zero-order valence-corrected chi connectivity index (χ0v) is 16.7. The van der Waals surface area contributed by atoms with Crippen molar-refractivity contribution in [2.24, 2.45) is 16.8 Å². The molecule has 1 aliphatic heterocycles. The topological polar surface area (TPSA) is 42.9 Å². The maximum Gasteiger partial charge on any atom is 0.190 e. The molecule has 126 valence electrons. The Balaban J connectivity index is 0.00000400. The molecule has 0 aromatic heterocycles. The number of hydrogen-bond acceptors (Lipinski definition) is 3. The molecule has 0 aromatic carbocycles. The number of piperazine rings is 1. The normalized spacial score (nSPS) is 19.2. The molecule has 1 rings (SSSR count). The second-order valence-electron chi connectivity index (χ2n) is 6.44. The van der Waals surface area contributed by atoms with Gasteiger partial charge in [-0.25, -0.2) is 0 Å². The fourth-order valence-electron chi connectivity index (χ4n) is 2.33. The average molecular weight is 411 g/mol. The molecule has 0 bridgehead atoms. The number of likely N-dealkylation sites (N-methyl/N-ethyl adjacent to an activating group) is 1. The van der Waals surface area contributed by atoms with E-state index in [4.69, 9.17) is 0 Å². The minimum atomic E-state index is 0. The van der Waals surface area contributed by atoms with Crippen molar-refractivity contribution in [2.75, 3.05) is 59.9 Å². The highest BCUT2D eigenvalue weighted by Crippen LogP contribution is 2.03. The molecule has 0 spiro atoms. The third-order valence-electron chi connectivity index (χ3n) is 3.69. The molecule has 1 atom stereocenters. The maximum absolute atomic E-state index is 4.26. The van der Waals surface area contributed by atoms with Gasteiger partial charge in [-0.2, -0.15) is 0 Å². The molecule has 1 saturated heterocycles. The Hall–Kier alpha value is -0.0800. The molecule has 0 radical (unpaired) electrons. The second-order valence-corrected chi connectivity index (χ2v) is 6.44. The van der Waals surface area contributed by atoms with E-state index in [1.54, 1.807) is 0 Å². The first kappa shape index (κ1) is 20.9. The van der Waals surface area contributed by atoms with Crippen LogP contribution in [-0.2, 0) is 0 Å². The fourth-order valence-corrected chi connectivity index (χ4v) is 2.33. The van der Waals surface area contributed by atoms with Crippen LogP contribution in [0.25, 0.3) is 0 Å². The average Bonchev–Trinajstić information content (AvgIpc) is 2.41. The van der Waals surface area contributed by atoms with Crippen LogP contribution < -0.4 is 10.6 Å². The largest absolute Gasteiger partial charge is 0.356 e. The van der Waals surface area contributed by atoms with Crippen LogP contribution >= 0.6 is 24.0 Å². The summed E-state index contributed by atoms with van der Waals surface area (Å²) in [4.78, 5) is 9.23. The van der Waals surface area contributed by atoms with Gasteiger partial charge in [-0.3, -0.25) is 4.99 Å². The third-order valence-corrected chi connectivity index (χ3v) is 3.69. The van der Waals surface area contributed by atoms with Crippen molar-refractivity contribution in [2.45, 2.75) is 20.8 Å². The molecule has 0 amide bonds. The van der Waals surface area contributed by atoms with E-state index in [-0.39, 0.29) is 24.0 Å². The number of guanidine groups is 1. The van der Waals surface area contributed by atoms with E-state index >= 15 is 0 Å². The van der Waals surface area contributed by atoms with Crippen LogP contribution in [0.3, 0.4) is 0 Å². The first-order valence-corrected chi connectivity index (χ1v) is 7.86. The van der Waals surface area contributed by atoms with Crippen LogP contribution in [0, 0.1) is 11.8 Å². The molecule has 0 aromatic rings. The first-order chi connectivity index (χ1) is 9.51. The van der Waals surface area contributed by atoms with Crippen molar-refractivity contribution < 1.29 is 0 Å². The Labute approximate surface area is 148 Å². The minimum absolute atomic E-state index is 0. The van der Waals surface area contributed by atoms with E-state index in [1.807, 2.05) is 7.05 Å². The van der Waals surface area contributed by atoms with Gasteiger partial charge in [0.05, 0.1) is 0 Å². The molecule has 1 heterocycles. The molecule has 1 aliphatic rings. The van der Waals surface area contributed by atoms with E-state index in [9.17, 15) is 0 Å². The molecule has 1 unspecified atom stereocenters. The maximum atomic E-state index is 4.26. The zero-order chi connectivity index (χ0) is 15.0. The van der Waals surface area contributed by atoms with E-state index in [0.29, 0.717) is 11.8 Å². The number of aliphatic imine (C=N–C) groups is 1. The Morgan fingerprint density at radius 1 is 1.05 bits per heavy atom. The van der Waals surface area contributed by atoms with E-state index in [2.05, 4.69) is 53.2 Å².